The highest BCUT2D eigenvalue weighted by Gasteiger charge is 2.27. The lowest BCUT2D eigenvalue weighted by atomic mass is 10.0. The third kappa shape index (κ3) is 4.50. The normalized spacial score (nSPS) is 18.6. The fourth-order valence-corrected chi connectivity index (χ4v) is 4.55. The molecular formula is C21H25FN4OS. The number of nitrogens with one attached hydrogen (secondary N) is 1. The Kier molecular flexibility index (Phi) is 6.17. The molecule has 0 amide bonds. The van der Waals surface area contributed by atoms with Gasteiger partial charge in [0.15, 0.2) is 0 Å². The average Bonchev–Trinajstić information content (AvgIpc) is 3.37. The van der Waals surface area contributed by atoms with Crippen LogP contribution in [0.4, 0.5) is 4.39 Å². The zero-order valence-electron chi connectivity index (χ0n) is 15.7. The highest BCUT2D eigenvalue weighted by atomic mass is 32.1. The van der Waals surface area contributed by atoms with Gasteiger partial charge < -0.3 is 5.11 Å². The van der Waals surface area contributed by atoms with Crippen LogP contribution in [-0.4, -0.2) is 57.4 Å². The number of aromatic nitrogens is 2. The summed E-state index contributed by atoms with van der Waals surface area (Å²) in [7, 11) is 0. The lowest BCUT2D eigenvalue weighted by Gasteiger charge is -2.41. The van der Waals surface area contributed by atoms with Gasteiger partial charge in [0.25, 0.3) is 0 Å². The quantitative estimate of drug-likeness (QED) is 0.639. The number of piperazine rings is 1. The summed E-state index contributed by atoms with van der Waals surface area (Å²) in [5.41, 5.74) is 4.34. The van der Waals surface area contributed by atoms with Gasteiger partial charge in [0, 0.05) is 56.5 Å². The second kappa shape index (κ2) is 8.96. The zero-order valence-corrected chi connectivity index (χ0v) is 16.5. The van der Waals surface area contributed by atoms with Gasteiger partial charge in [-0.1, -0.05) is 0 Å². The first-order chi connectivity index (χ1) is 13.7. The van der Waals surface area contributed by atoms with Crippen LogP contribution in [0, 0.1) is 5.82 Å². The lowest BCUT2D eigenvalue weighted by Crippen LogP contribution is -2.52. The monoisotopic (exact) mass is 400 g/mol. The summed E-state index contributed by atoms with van der Waals surface area (Å²) in [6.45, 7) is 4.79. The van der Waals surface area contributed by atoms with Gasteiger partial charge in [0.05, 0.1) is 11.9 Å². The number of H-pyrrole nitrogens is 1. The number of rotatable bonds is 7. The summed E-state index contributed by atoms with van der Waals surface area (Å²) in [4.78, 5) is 4.90. The highest BCUT2D eigenvalue weighted by molar-refractivity contribution is 7.07. The number of halogens is 1. The standard InChI is InChI=1S/C21H25FN4OS/c22-19-3-1-17(2-4-19)21-18(11-23-24-21)13-25-7-8-26(20(14-25)5-9-27)12-16-6-10-28-15-16/h1-4,6,10-11,15,20,27H,5,7-9,12-14H2,(H,23,24). The first kappa shape index (κ1) is 19.3. The molecule has 0 saturated carbocycles. The molecule has 2 aromatic heterocycles. The maximum Gasteiger partial charge on any atom is 0.123 e. The molecule has 1 fully saturated rings. The van der Waals surface area contributed by atoms with Crippen molar-refractivity contribution in [2.45, 2.75) is 25.6 Å². The number of hydrogen-bond donors (Lipinski definition) is 2. The van der Waals surface area contributed by atoms with E-state index in [1.807, 2.05) is 6.20 Å². The van der Waals surface area contributed by atoms with Gasteiger partial charge >= 0.3 is 0 Å². The molecule has 0 bridgehead atoms. The smallest absolute Gasteiger partial charge is 0.123 e. The van der Waals surface area contributed by atoms with Crippen LogP contribution in [0.1, 0.15) is 17.5 Å². The Morgan fingerprint density at radius 2 is 2.04 bits per heavy atom. The van der Waals surface area contributed by atoms with E-state index < -0.39 is 0 Å². The van der Waals surface area contributed by atoms with Gasteiger partial charge in [-0.25, -0.2) is 4.39 Å². The fraction of sp³-hybridized carbons (Fsp3) is 0.381. The molecule has 1 aromatic carbocycles. The Morgan fingerprint density at radius 3 is 2.79 bits per heavy atom. The van der Waals surface area contributed by atoms with Crippen molar-refractivity contribution >= 4 is 11.3 Å². The van der Waals surface area contributed by atoms with E-state index in [2.05, 4.69) is 36.8 Å². The number of thiophene rings is 1. The number of aliphatic hydroxyl groups is 1. The van der Waals surface area contributed by atoms with Crippen LogP contribution in [0.15, 0.2) is 47.3 Å². The highest BCUT2D eigenvalue weighted by Crippen LogP contribution is 2.25. The van der Waals surface area contributed by atoms with Crippen LogP contribution < -0.4 is 0 Å². The van der Waals surface area contributed by atoms with Gasteiger partial charge in [-0.05, 0) is 53.1 Å². The maximum absolute atomic E-state index is 13.2. The molecule has 0 aliphatic carbocycles. The maximum atomic E-state index is 13.2. The van der Waals surface area contributed by atoms with Crippen molar-refractivity contribution < 1.29 is 9.50 Å². The molecule has 1 aliphatic rings. The molecule has 5 nitrogen and oxygen atoms in total. The second-order valence-corrected chi connectivity index (χ2v) is 8.06. The summed E-state index contributed by atoms with van der Waals surface area (Å²) >= 11 is 1.73. The average molecular weight is 401 g/mol. The predicted octanol–water partition coefficient (Wildman–Crippen LogP) is 3.35. The molecule has 1 atom stereocenters. The summed E-state index contributed by atoms with van der Waals surface area (Å²) in [6, 6.07) is 9.01. The van der Waals surface area contributed by atoms with Crippen molar-refractivity contribution in [2.24, 2.45) is 0 Å². The van der Waals surface area contributed by atoms with Gasteiger partial charge in [0.2, 0.25) is 0 Å². The molecule has 0 spiro atoms. The van der Waals surface area contributed by atoms with E-state index in [0.717, 1.165) is 56.0 Å². The first-order valence-corrected chi connectivity index (χ1v) is 10.5. The van der Waals surface area contributed by atoms with Crippen molar-refractivity contribution in [3.63, 3.8) is 0 Å². The molecule has 7 heteroatoms. The number of aromatic amines is 1. The number of benzene rings is 1. The molecule has 4 rings (SSSR count). The number of aliphatic hydroxyl groups excluding tert-OH is 1. The van der Waals surface area contributed by atoms with E-state index in [0.29, 0.717) is 6.04 Å². The predicted molar refractivity (Wildman–Crippen MR) is 109 cm³/mol. The minimum Gasteiger partial charge on any atom is -0.396 e. The topological polar surface area (TPSA) is 55.4 Å². The Labute approximate surface area is 168 Å². The zero-order chi connectivity index (χ0) is 19.3. The largest absolute Gasteiger partial charge is 0.396 e. The van der Waals surface area contributed by atoms with E-state index in [-0.39, 0.29) is 12.4 Å². The second-order valence-electron chi connectivity index (χ2n) is 7.28. The van der Waals surface area contributed by atoms with E-state index in [4.69, 9.17) is 0 Å². The van der Waals surface area contributed by atoms with E-state index in [1.54, 1.807) is 23.5 Å². The van der Waals surface area contributed by atoms with Gasteiger partial charge in [0.1, 0.15) is 5.82 Å². The fourth-order valence-electron chi connectivity index (χ4n) is 3.89. The lowest BCUT2D eigenvalue weighted by molar-refractivity contribution is 0.0501. The molecule has 148 valence electrons. The number of nitrogens with zero attached hydrogens (tertiary/aromatic N) is 3. The summed E-state index contributed by atoms with van der Waals surface area (Å²) in [6.07, 6.45) is 2.63. The SMILES string of the molecule is OCCC1CN(Cc2cn[nH]c2-c2ccc(F)cc2)CCN1Cc1ccsc1. The molecule has 1 unspecified atom stereocenters. The van der Waals surface area contributed by atoms with E-state index in [1.165, 1.54) is 17.7 Å². The Bertz CT molecular complexity index is 865. The van der Waals surface area contributed by atoms with Crippen molar-refractivity contribution in [1.82, 2.24) is 20.0 Å². The molecule has 2 N–H and O–H groups in total. The summed E-state index contributed by atoms with van der Waals surface area (Å²) < 4.78 is 13.2. The number of hydrogen-bond acceptors (Lipinski definition) is 5. The Hall–Kier alpha value is -2.06. The molecular weight excluding hydrogens is 375 g/mol. The summed E-state index contributed by atoms with van der Waals surface area (Å²) in [5.74, 6) is -0.238. The van der Waals surface area contributed by atoms with Crippen LogP contribution >= 0.6 is 11.3 Å². The van der Waals surface area contributed by atoms with Crippen LogP contribution in [-0.2, 0) is 13.1 Å². The minimum absolute atomic E-state index is 0.200. The molecule has 3 heterocycles. The Morgan fingerprint density at radius 1 is 1.18 bits per heavy atom. The molecule has 3 aromatic rings. The van der Waals surface area contributed by atoms with Gasteiger partial charge in [-0.2, -0.15) is 16.4 Å². The summed E-state index contributed by atoms with van der Waals surface area (Å²) in [5, 5.41) is 21.1. The molecule has 1 saturated heterocycles. The van der Waals surface area contributed by atoms with Gasteiger partial charge in [-0.3, -0.25) is 14.9 Å². The third-order valence-corrected chi connectivity index (χ3v) is 6.09. The van der Waals surface area contributed by atoms with Crippen LogP contribution in [0.2, 0.25) is 0 Å². The van der Waals surface area contributed by atoms with Crippen molar-refractivity contribution in [3.05, 3.63) is 64.2 Å². The van der Waals surface area contributed by atoms with E-state index >= 15 is 0 Å². The molecule has 1 aliphatic heterocycles. The van der Waals surface area contributed by atoms with Crippen LogP contribution in [0.3, 0.4) is 0 Å². The third-order valence-electron chi connectivity index (χ3n) is 5.36. The van der Waals surface area contributed by atoms with Crippen molar-refractivity contribution in [3.8, 4) is 11.3 Å². The van der Waals surface area contributed by atoms with Crippen molar-refractivity contribution in [1.29, 1.82) is 0 Å². The first-order valence-electron chi connectivity index (χ1n) is 9.59. The van der Waals surface area contributed by atoms with Crippen LogP contribution in [0.5, 0.6) is 0 Å². The van der Waals surface area contributed by atoms with E-state index in [9.17, 15) is 9.50 Å². The van der Waals surface area contributed by atoms with Crippen molar-refractivity contribution in [2.75, 3.05) is 26.2 Å². The Balaban J connectivity index is 1.43. The van der Waals surface area contributed by atoms with Crippen LogP contribution in [0.25, 0.3) is 11.3 Å². The molecule has 0 radical (unpaired) electrons. The van der Waals surface area contributed by atoms with Gasteiger partial charge in [-0.15, -0.1) is 0 Å². The minimum atomic E-state index is -0.238. The molecule has 28 heavy (non-hydrogen) atoms.